The third kappa shape index (κ3) is 5.17. The summed E-state index contributed by atoms with van der Waals surface area (Å²) in [6.07, 6.45) is 3.01. The molecule has 0 radical (unpaired) electrons. The lowest BCUT2D eigenvalue weighted by Crippen LogP contribution is -2.12. The Balaban J connectivity index is 1.87. The number of nitrogens with two attached hydrogens (primary N) is 1. The molecule has 0 saturated carbocycles. The predicted molar refractivity (Wildman–Crippen MR) is 97.2 cm³/mol. The second-order valence-corrected chi connectivity index (χ2v) is 5.58. The lowest BCUT2D eigenvalue weighted by Gasteiger charge is -2.15. The van der Waals surface area contributed by atoms with Crippen LogP contribution in [0.15, 0.2) is 42.5 Å². The zero-order valence-electron chi connectivity index (χ0n) is 14.6. The molecule has 0 aliphatic carbocycles. The Kier molecular flexibility index (Phi) is 7.43. The molecule has 0 unspecified atom stereocenters. The molecule has 0 fully saturated rings. The molecule has 0 aromatic heterocycles. The summed E-state index contributed by atoms with van der Waals surface area (Å²) in [7, 11) is 1.64. The van der Waals surface area contributed by atoms with Crippen LogP contribution in [0.5, 0.6) is 17.2 Å². The van der Waals surface area contributed by atoms with E-state index < -0.39 is 0 Å². The average Bonchev–Trinajstić information content (AvgIpc) is 2.61. The van der Waals surface area contributed by atoms with Gasteiger partial charge in [-0.2, -0.15) is 0 Å². The van der Waals surface area contributed by atoms with E-state index in [1.807, 2.05) is 30.3 Å². The molecule has 0 aliphatic rings. The maximum atomic E-state index is 5.89. The molecule has 0 atom stereocenters. The van der Waals surface area contributed by atoms with Crippen molar-refractivity contribution >= 4 is 0 Å². The van der Waals surface area contributed by atoms with Gasteiger partial charge in [-0.25, -0.2) is 0 Å². The Hall–Kier alpha value is -2.20. The van der Waals surface area contributed by atoms with Gasteiger partial charge in [0, 0.05) is 0 Å². The molecule has 2 aromatic carbocycles. The third-order valence-corrected chi connectivity index (χ3v) is 3.75. The summed E-state index contributed by atoms with van der Waals surface area (Å²) in [5.74, 6) is 2.35. The minimum Gasteiger partial charge on any atom is -0.493 e. The van der Waals surface area contributed by atoms with Crippen LogP contribution in [0.3, 0.4) is 0 Å². The molecule has 130 valence electrons. The van der Waals surface area contributed by atoms with Gasteiger partial charge in [0.15, 0.2) is 11.5 Å². The van der Waals surface area contributed by atoms with Gasteiger partial charge in [0.1, 0.15) is 19.0 Å². The van der Waals surface area contributed by atoms with Crippen molar-refractivity contribution in [3.63, 3.8) is 0 Å². The van der Waals surface area contributed by atoms with Crippen molar-refractivity contribution in [3.05, 3.63) is 53.6 Å². The fraction of sp³-hybridized carbons (Fsp3) is 0.400. The number of hydrogen-bond donors (Lipinski definition) is 1. The molecule has 2 rings (SSSR count). The topological polar surface area (TPSA) is 53.7 Å². The van der Waals surface area contributed by atoms with Gasteiger partial charge in [-0.1, -0.05) is 37.6 Å². The van der Waals surface area contributed by atoms with Crippen LogP contribution < -0.4 is 19.9 Å². The van der Waals surface area contributed by atoms with Gasteiger partial charge in [-0.15, -0.1) is 0 Å². The molecule has 2 N–H and O–H groups in total. The number of para-hydroxylation sites is 1. The SMILES string of the molecule is CCCc1ccc(OCCOc2c(CCN)cccc2OC)cc1. The number of hydrogen-bond acceptors (Lipinski definition) is 4. The fourth-order valence-electron chi connectivity index (χ4n) is 2.58. The summed E-state index contributed by atoms with van der Waals surface area (Å²) < 4.78 is 17.0. The van der Waals surface area contributed by atoms with Crippen LogP contribution in [-0.2, 0) is 12.8 Å². The largest absolute Gasteiger partial charge is 0.493 e. The molecule has 4 heteroatoms. The van der Waals surface area contributed by atoms with Gasteiger partial charge < -0.3 is 19.9 Å². The Morgan fingerprint density at radius 2 is 1.67 bits per heavy atom. The molecular weight excluding hydrogens is 302 g/mol. The Labute approximate surface area is 144 Å². The van der Waals surface area contributed by atoms with Crippen molar-refractivity contribution in [2.45, 2.75) is 26.2 Å². The Bertz CT molecular complexity index is 611. The highest BCUT2D eigenvalue weighted by atomic mass is 16.5. The van der Waals surface area contributed by atoms with Gasteiger partial charge >= 0.3 is 0 Å². The van der Waals surface area contributed by atoms with Crippen molar-refractivity contribution in [1.82, 2.24) is 0 Å². The summed E-state index contributed by atoms with van der Waals surface area (Å²) in [6.45, 7) is 3.69. The maximum absolute atomic E-state index is 5.89. The molecule has 0 aliphatic heterocycles. The quantitative estimate of drug-likeness (QED) is 0.677. The van der Waals surface area contributed by atoms with Gasteiger partial charge in [0.05, 0.1) is 7.11 Å². The molecule has 0 amide bonds. The monoisotopic (exact) mass is 329 g/mol. The fourth-order valence-corrected chi connectivity index (χ4v) is 2.58. The van der Waals surface area contributed by atoms with E-state index >= 15 is 0 Å². The number of aryl methyl sites for hydroxylation is 1. The summed E-state index contributed by atoms with van der Waals surface area (Å²) in [6, 6.07) is 14.1. The van der Waals surface area contributed by atoms with E-state index in [2.05, 4.69) is 19.1 Å². The first-order valence-electron chi connectivity index (χ1n) is 8.49. The molecule has 2 aromatic rings. The van der Waals surface area contributed by atoms with Crippen LogP contribution >= 0.6 is 0 Å². The highest BCUT2D eigenvalue weighted by Crippen LogP contribution is 2.31. The molecule has 4 nitrogen and oxygen atoms in total. The van der Waals surface area contributed by atoms with E-state index in [0.717, 1.165) is 42.1 Å². The maximum Gasteiger partial charge on any atom is 0.164 e. The highest BCUT2D eigenvalue weighted by molar-refractivity contribution is 5.46. The smallest absolute Gasteiger partial charge is 0.164 e. The lowest BCUT2D eigenvalue weighted by atomic mass is 10.1. The normalized spacial score (nSPS) is 10.5. The Morgan fingerprint density at radius 3 is 2.33 bits per heavy atom. The second kappa shape index (κ2) is 9.83. The molecule has 0 heterocycles. The van der Waals surface area contributed by atoms with Crippen LogP contribution in [0.25, 0.3) is 0 Å². The van der Waals surface area contributed by atoms with Crippen LogP contribution in [0.2, 0.25) is 0 Å². The number of benzene rings is 2. The van der Waals surface area contributed by atoms with Crippen LogP contribution in [-0.4, -0.2) is 26.9 Å². The summed E-state index contributed by atoms with van der Waals surface area (Å²) in [5.41, 5.74) is 8.06. The molecule has 0 bridgehead atoms. The van der Waals surface area contributed by atoms with E-state index in [-0.39, 0.29) is 0 Å². The van der Waals surface area contributed by atoms with Crippen molar-refractivity contribution < 1.29 is 14.2 Å². The van der Waals surface area contributed by atoms with Crippen LogP contribution in [0.1, 0.15) is 24.5 Å². The molecule has 0 spiro atoms. The zero-order valence-corrected chi connectivity index (χ0v) is 14.6. The van der Waals surface area contributed by atoms with Crippen LogP contribution in [0.4, 0.5) is 0 Å². The minimum atomic E-state index is 0.453. The summed E-state index contributed by atoms with van der Waals surface area (Å²) in [4.78, 5) is 0. The Morgan fingerprint density at radius 1 is 0.917 bits per heavy atom. The highest BCUT2D eigenvalue weighted by Gasteiger charge is 2.10. The molecular formula is C20H27NO3. The van der Waals surface area contributed by atoms with Crippen molar-refractivity contribution in [2.24, 2.45) is 5.73 Å². The standard InChI is InChI=1S/C20H27NO3/c1-3-5-16-8-10-18(11-9-16)23-14-15-24-20-17(12-13-21)6-4-7-19(20)22-2/h4,6-11H,3,5,12-15,21H2,1-2H3. The van der Waals surface area contributed by atoms with Gasteiger partial charge in [0.25, 0.3) is 0 Å². The first-order valence-corrected chi connectivity index (χ1v) is 8.49. The van der Waals surface area contributed by atoms with E-state index in [1.54, 1.807) is 7.11 Å². The predicted octanol–water partition coefficient (Wildman–Crippen LogP) is 3.61. The number of methoxy groups -OCH3 is 1. The minimum absolute atomic E-state index is 0.453. The van der Waals surface area contributed by atoms with E-state index in [4.69, 9.17) is 19.9 Å². The van der Waals surface area contributed by atoms with Gasteiger partial charge in [-0.05, 0) is 48.7 Å². The number of ether oxygens (including phenoxy) is 3. The van der Waals surface area contributed by atoms with Crippen LogP contribution in [0, 0.1) is 0 Å². The van der Waals surface area contributed by atoms with Gasteiger partial charge in [0.2, 0.25) is 0 Å². The first kappa shape index (κ1) is 18.1. The summed E-state index contributed by atoms with van der Waals surface area (Å²) >= 11 is 0. The van der Waals surface area contributed by atoms with E-state index in [0.29, 0.717) is 19.8 Å². The van der Waals surface area contributed by atoms with Crippen molar-refractivity contribution in [2.75, 3.05) is 26.9 Å². The summed E-state index contributed by atoms with van der Waals surface area (Å²) in [5, 5.41) is 0. The lowest BCUT2D eigenvalue weighted by molar-refractivity contribution is 0.210. The van der Waals surface area contributed by atoms with E-state index in [1.165, 1.54) is 5.56 Å². The third-order valence-electron chi connectivity index (χ3n) is 3.75. The second-order valence-electron chi connectivity index (χ2n) is 5.58. The average molecular weight is 329 g/mol. The molecule has 24 heavy (non-hydrogen) atoms. The number of rotatable bonds is 10. The first-order chi connectivity index (χ1) is 11.8. The van der Waals surface area contributed by atoms with Gasteiger partial charge in [-0.3, -0.25) is 0 Å². The zero-order chi connectivity index (χ0) is 17.2. The van der Waals surface area contributed by atoms with E-state index in [9.17, 15) is 0 Å². The van der Waals surface area contributed by atoms with Crippen molar-refractivity contribution in [1.29, 1.82) is 0 Å². The van der Waals surface area contributed by atoms with Crippen molar-refractivity contribution in [3.8, 4) is 17.2 Å². The molecule has 0 saturated heterocycles.